The lowest BCUT2D eigenvalue weighted by molar-refractivity contribution is 0.0978. The lowest BCUT2D eigenvalue weighted by atomic mass is 9.75. The third-order valence-electron chi connectivity index (χ3n) is 5.95. The van der Waals surface area contributed by atoms with Crippen LogP contribution in [-0.2, 0) is 0 Å². The largest absolute Gasteiger partial charge is 0.289 e. The van der Waals surface area contributed by atoms with Crippen LogP contribution >= 0.6 is 0 Å². The Morgan fingerprint density at radius 1 is 0.600 bits per heavy atom. The molecule has 0 bridgehead atoms. The van der Waals surface area contributed by atoms with Gasteiger partial charge in [0.25, 0.3) is 0 Å². The van der Waals surface area contributed by atoms with Gasteiger partial charge in [-0.1, -0.05) is 54.6 Å². The SMILES string of the molecule is O=C1c2ccccc2C(=O)c2c1ccc1c2C2CC2c2ccccc2-1. The first-order valence-electron chi connectivity index (χ1n) is 8.70. The van der Waals surface area contributed by atoms with Crippen molar-refractivity contribution < 1.29 is 9.59 Å². The first-order chi connectivity index (χ1) is 12.3. The zero-order valence-electron chi connectivity index (χ0n) is 13.5. The highest BCUT2D eigenvalue weighted by Gasteiger charge is 2.48. The summed E-state index contributed by atoms with van der Waals surface area (Å²) in [5.74, 6) is 0.855. The van der Waals surface area contributed by atoms with Crippen molar-refractivity contribution in [1.82, 2.24) is 0 Å². The van der Waals surface area contributed by atoms with Crippen LogP contribution < -0.4 is 0 Å². The van der Waals surface area contributed by atoms with Gasteiger partial charge in [0.05, 0.1) is 0 Å². The van der Waals surface area contributed by atoms with Crippen molar-refractivity contribution in [2.75, 3.05) is 0 Å². The maximum atomic E-state index is 13.2. The Kier molecular flexibility index (Phi) is 2.31. The molecule has 2 atom stereocenters. The molecule has 1 saturated carbocycles. The second-order valence-corrected chi connectivity index (χ2v) is 7.19. The highest BCUT2D eigenvalue weighted by molar-refractivity contribution is 6.29. The van der Waals surface area contributed by atoms with Crippen LogP contribution in [0.2, 0.25) is 0 Å². The average molecular weight is 322 g/mol. The normalized spacial score (nSPS) is 21.6. The van der Waals surface area contributed by atoms with Crippen molar-refractivity contribution in [2.24, 2.45) is 0 Å². The zero-order chi connectivity index (χ0) is 16.7. The predicted molar refractivity (Wildman–Crippen MR) is 95.3 cm³/mol. The van der Waals surface area contributed by atoms with Crippen LogP contribution in [0.5, 0.6) is 0 Å². The summed E-state index contributed by atoms with van der Waals surface area (Å²) in [7, 11) is 0. The fourth-order valence-electron chi connectivity index (χ4n) is 4.76. The number of carbonyl (C=O) groups excluding carboxylic acids is 2. The lowest BCUT2D eigenvalue weighted by Crippen LogP contribution is -2.23. The Morgan fingerprint density at radius 2 is 1.24 bits per heavy atom. The molecule has 2 unspecified atom stereocenters. The van der Waals surface area contributed by atoms with E-state index in [0.717, 1.165) is 17.5 Å². The van der Waals surface area contributed by atoms with Gasteiger partial charge in [-0.3, -0.25) is 9.59 Å². The molecular weight excluding hydrogens is 308 g/mol. The molecule has 0 amide bonds. The fourth-order valence-corrected chi connectivity index (χ4v) is 4.76. The number of ketones is 2. The van der Waals surface area contributed by atoms with Crippen molar-refractivity contribution >= 4 is 11.6 Å². The van der Waals surface area contributed by atoms with Gasteiger partial charge in [-0.25, -0.2) is 0 Å². The molecule has 3 aliphatic carbocycles. The summed E-state index contributed by atoms with van der Waals surface area (Å²) in [6.07, 6.45) is 1.07. The molecule has 25 heavy (non-hydrogen) atoms. The van der Waals surface area contributed by atoms with Crippen LogP contribution in [0.4, 0.5) is 0 Å². The number of hydrogen-bond donors (Lipinski definition) is 0. The third-order valence-corrected chi connectivity index (χ3v) is 5.95. The monoisotopic (exact) mass is 322 g/mol. The van der Waals surface area contributed by atoms with E-state index in [1.165, 1.54) is 11.1 Å². The Hall–Kier alpha value is -3.00. The van der Waals surface area contributed by atoms with Gasteiger partial charge in [0.15, 0.2) is 11.6 Å². The van der Waals surface area contributed by atoms with Crippen LogP contribution in [0.1, 0.15) is 61.2 Å². The van der Waals surface area contributed by atoms with E-state index >= 15 is 0 Å². The van der Waals surface area contributed by atoms with Gasteiger partial charge in [-0.15, -0.1) is 0 Å². The molecule has 3 aromatic carbocycles. The third kappa shape index (κ3) is 1.55. The molecule has 0 radical (unpaired) electrons. The van der Waals surface area contributed by atoms with Crippen molar-refractivity contribution in [3.63, 3.8) is 0 Å². The van der Waals surface area contributed by atoms with Crippen LogP contribution in [0, 0.1) is 0 Å². The second kappa shape index (κ2) is 4.34. The van der Waals surface area contributed by atoms with Gasteiger partial charge in [-0.05, 0) is 46.6 Å². The summed E-state index contributed by atoms with van der Waals surface area (Å²) in [6, 6.07) is 19.6. The molecule has 0 aliphatic heterocycles. The van der Waals surface area contributed by atoms with Gasteiger partial charge in [0.1, 0.15) is 0 Å². The molecule has 2 nitrogen and oxygen atoms in total. The minimum atomic E-state index is -0.0240. The Morgan fingerprint density at radius 3 is 2.04 bits per heavy atom. The lowest BCUT2D eigenvalue weighted by Gasteiger charge is -2.26. The van der Waals surface area contributed by atoms with Crippen LogP contribution in [-0.4, -0.2) is 11.6 Å². The quantitative estimate of drug-likeness (QED) is 0.470. The van der Waals surface area contributed by atoms with Gasteiger partial charge < -0.3 is 0 Å². The highest BCUT2D eigenvalue weighted by atomic mass is 16.1. The van der Waals surface area contributed by atoms with E-state index in [0.29, 0.717) is 34.1 Å². The van der Waals surface area contributed by atoms with Crippen molar-refractivity contribution in [3.8, 4) is 11.1 Å². The Labute approximate surface area is 145 Å². The maximum absolute atomic E-state index is 13.2. The number of carbonyl (C=O) groups is 2. The summed E-state index contributed by atoms with van der Waals surface area (Å²) in [5.41, 5.74) is 7.15. The second-order valence-electron chi connectivity index (χ2n) is 7.19. The predicted octanol–water partition coefficient (Wildman–Crippen LogP) is 4.71. The first kappa shape index (κ1) is 13.3. The minimum absolute atomic E-state index is 0.00656. The van der Waals surface area contributed by atoms with E-state index in [2.05, 4.69) is 18.2 Å². The van der Waals surface area contributed by atoms with E-state index in [4.69, 9.17) is 0 Å². The van der Waals surface area contributed by atoms with Gasteiger partial charge >= 0.3 is 0 Å². The Bertz CT molecular complexity index is 1120. The zero-order valence-corrected chi connectivity index (χ0v) is 13.5. The standard InChI is InChI=1S/C23H14O2/c24-22-15-7-3-4-8-16(15)23(25)21-17(22)10-9-14-12-5-1-2-6-13(12)18-11-19(18)20(14)21/h1-10,18-19H,11H2. The molecular formula is C23H14O2. The number of benzene rings is 3. The maximum Gasteiger partial charge on any atom is 0.194 e. The summed E-state index contributed by atoms with van der Waals surface area (Å²) in [4.78, 5) is 26.2. The van der Waals surface area contributed by atoms with Crippen molar-refractivity contribution in [1.29, 1.82) is 0 Å². The van der Waals surface area contributed by atoms with Gasteiger partial charge in [0.2, 0.25) is 0 Å². The Balaban J connectivity index is 1.69. The average Bonchev–Trinajstić information content (AvgIpc) is 3.46. The van der Waals surface area contributed by atoms with Crippen LogP contribution in [0.25, 0.3) is 11.1 Å². The summed E-state index contributed by atoms with van der Waals surface area (Å²) >= 11 is 0. The molecule has 2 heteroatoms. The van der Waals surface area contributed by atoms with E-state index in [-0.39, 0.29) is 11.6 Å². The molecule has 0 spiro atoms. The number of hydrogen-bond acceptors (Lipinski definition) is 2. The smallest absolute Gasteiger partial charge is 0.194 e. The topological polar surface area (TPSA) is 34.1 Å². The molecule has 0 N–H and O–H groups in total. The van der Waals surface area contributed by atoms with Crippen molar-refractivity contribution in [3.05, 3.63) is 94.0 Å². The summed E-state index contributed by atoms with van der Waals surface area (Å²) < 4.78 is 0. The minimum Gasteiger partial charge on any atom is -0.289 e. The molecule has 6 rings (SSSR count). The van der Waals surface area contributed by atoms with Crippen LogP contribution in [0.3, 0.4) is 0 Å². The fraction of sp³-hybridized carbons (Fsp3) is 0.130. The molecule has 1 fully saturated rings. The molecule has 0 saturated heterocycles. The molecule has 0 heterocycles. The summed E-state index contributed by atoms with van der Waals surface area (Å²) in [5, 5.41) is 0. The first-order valence-corrected chi connectivity index (χ1v) is 8.70. The van der Waals surface area contributed by atoms with Crippen molar-refractivity contribution in [2.45, 2.75) is 18.3 Å². The van der Waals surface area contributed by atoms with E-state index < -0.39 is 0 Å². The summed E-state index contributed by atoms with van der Waals surface area (Å²) in [6.45, 7) is 0. The number of rotatable bonds is 0. The highest BCUT2D eigenvalue weighted by Crippen LogP contribution is 2.63. The molecule has 118 valence electrons. The van der Waals surface area contributed by atoms with E-state index in [9.17, 15) is 9.59 Å². The van der Waals surface area contributed by atoms with E-state index in [1.54, 1.807) is 12.1 Å². The number of fused-ring (bicyclic) bond motifs is 9. The molecule has 0 aromatic heterocycles. The van der Waals surface area contributed by atoms with Gasteiger partial charge in [-0.2, -0.15) is 0 Å². The van der Waals surface area contributed by atoms with Gasteiger partial charge in [0, 0.05) is 22.3 Å². The van der Waals surface area contributed by atoms with Crippen LogP contribution in [0.15, 0.2) is 60.7 Å². The molecule has 3 aromatic rings. The molecule has 3 aliphatic rings. The van der Waals surface area contributed by atoms with E-state index in [1.807, 2.05) is 30.3 Å².